The van der Waals surface area contributed by atoms with Crippen molar-refractivity contribution in [2.24, 2.45) is 10.9 Å². The maximum atomic E-state index is 12.8. The molecule has 2 aromatic heterocycles. The number of aryl methyl sites for hydroxylation is 2. The van der Waals surface area contributed by atoms with Gasteiger partial charge in [-0.1, -0.05) is 23.7 Å². The van der Waals surface area contributed by atoms with Crippen LogP contribution in [0.4, 0.5) is 0 Å². The molecule has 3 aromatic rings. The molecule has 5 rings (SSSR count). The summed E-state index contributed by atoms with van der Waals surface area (Å²) in [6.45, 7) is 8.73. The Hall–Kier alpha value is -2.51. The van der Waals surface area contributed by atoms with Crippen molar-refractivity contribution >= 4 is 34.6 Å². The fourth-order valence-corrected chi connectivity index (χ4v) is 5.62. The number of benzene rings is 1. The van der Waals surface area contributed by atoms with Gasteiger partial charge in [0.15, 0.2) is 5.82 Å². The van der Waals surface area contributed by atoms with E-state index in [-0.39, 0.29) is 11.8 Å². The van der Waals surface area contributed by atoms with Crippen LogP contribution in [0.1, 0.15) is 46.6 Å². The van der Waals surface area contributed by atoms with Crippen LogP contribution in [-0.4, -0.2) is 32.9 Å². The summed E-state index contributed by atoms with van der Waals surface area (Å²) >= 11 is 7.87. The van der Waals surface area contributed by atoms with E-state index in [4.69, 9.17) is 16.6 Å². The molecule has 2 aliphatic rings. The van der Waals surface area contributed by atoms with E-state index < -0.39 is 5.54 Å². The summed E-state index contributed by atoms with van der Waals surface area (Å²) in [4.78, 5) is 19.3. The Bertz CT molecular complexity index is 1210. The minimum Gasteiger partial charge on any atom is -0.356 e. The van der Waals surface area contributed by atoms with Crippen LogP contribution < -0.4 is 5.32 Å². The van der Waals surface area contributed by atoms with E-state index in [1.165, 1.54) is 10.4 Å². The van der Waals surface area contributed by atoms with Gasteiger partial charge in [0.2, 0.25) is 5.91 Å². The summed E-state index contributed by atoms with van der Waals surface area (Å²) < 4.78 is 2.10. The minimum atomic E-state index is -0.700. The number of nitrogens with zero attached hydrogens (tertiary/aromatic N) is 4. The standard InChI is InChI=1S/C22H22ClN5OS/c1-5-24-19(29)16-10-22(16)21-27-26-13(4)28(21)20-17(11(2)12(3)30-20)18(25-22)14-6-8-15(23)9-7-14/h6-9,16H,5,10H2,1-4H3,(H,24,29)/t16-,22-/m1/s1. The lowest BCUT2D eigenvalue weighted by molar-refractivity contribution is -0.122. The number of carbonyl (C=O) groups excluding carboxylic acids is 1. The molecule has 6 nitrogen and oxygen atoms in total. The molecule has 8 heteroatoms. The van der Waals surface area contributed by atoms with Gasteiger partial charge in [-0.05, 0) is 51.8 Å². The van der Waals surface area contributed by atoms with Crippen LogP contribution >= 0.6 is 22.9 Å². The zero-order valence-electron chi connectivity index (χ0n) is 17.3. The van der Waals surface area contributed by atoms with Crippen LogP contribution in [0.3, 0.4) is 0 Å². The van der Waals surface area contributed by atoms with Crippen LogP contribution in [0.25, 0.3) is 5.00 Å². The number of rotatable bonds is 3. The quantitative estimate of drug-likeness (QED) is 0.667. The largest absolute Gasteiger partial charge is 0.356 e. The SMILES string of the molecule is CCNC(=O)[C@H]1C[C@@]12N=C(c1ccc(Cl)cc1)c1c(sc(C)c1C)-n1c(C)nnc12. The fourth-order valence-electron chi connectivity index (χ4n) is 4.28. The van der Waals surface area contributed by atoms with Crippen molar-refractivity contribution in [1.29, 1.82) is 0 Å². The van der Waals surface area contributed by atoms with Gasteiger partial charge in [0.1, 0.15) is 16.4 Å². The van der Waals surface area contributed by atoms with Crippen molar-refractivity contribution in [1.82, 2.24) is 20.1 Å². The lowest BCUT2D eigenvalue weighted by Gasteiger charge is -2.13. The first-order valence-corrected chi connectivity index (χ1v) is 11.2. The Morgan fingerprint density at radius 1 is 1.27 bits per heavy atom. The number of aliphatic imine (C=N–C) groups is 1. The predicted molar refractivity (Wildman–Crippen MR) is 119 cm³/mol. The molecule has 1 fully saturated rings. The molecule has 1 aromatic carbocycles. The highest BCUT2D eigenvalue weighted by Crippen LogP contribution is 2.57. The molecule has 2 atom stereocenters. The number of hydrogen-bond acceptors (Lipinski definition) is 5. The molecular weight excluding hydrogens is 418 g/mol. The molecule has 1 aliphatic carbocycles. The van der Waals surface area contributed by atoms with E-state index in [9.17, 15) is 4.79 Å². The fraction of sp³-hybridized carbons (Fsp3) is 0.364. The van der Waals surface area contributed by atoms with Gasteiger partial charge in [-0.15, -0.1) is 21.5 Å². The van der Waals surface area contributed by atoms with Gasteiger partial charge in [0.25, 0.3) is 0 Å². The molecule has 0 radical (unpaired) electrons. The average molecular weight is 440 g/mol. The Kier molecular flexibility index (Phi) is 4.38. The second-order valence-corrected chi connectivity index (χ2v) is 9.55. The maximum Gasteiger partial charge on any atom is 0.226 e. The van der Waals surface area contributed by atoms with Crippen molar-refractivity contribution < 1.29 is 4.79 Å². The molecular formula is C22H22ClN5OS. The molecule has 1 N–H and O–H groups in total. The summed E-state index contributed by atoms with van der Waals surface area (Å²) in [5.41, 5.74) is 3.45. The van der Waals surface area contributed by atoms with Crippen molar-refractivity contribution in [3.8, 4) is 5.00 Å². The summed E-state index contributed by atoms with van der Waals surface area (Å²) in [7, 11) is 0. The number of amides is 1. The van der Waals surface area contributed by atoms with Crippen LogP contribution in [0.5, 0.6) is 0 Å². The molecule has 1 amide bonds. The molecule has 0 saturated heterocycles. The van der Waals surface area contributed by atoms with Crippen LogP contribution in [0, 0.1) is 26.7 Å². The molecule has 0 unspecified atom stereocenters. The van der Waals surface area contributed by atoms with Crippen LogP contribution in [-0.2, 0) is 10.3 Å². The first-order chi connectivity index (χ1) is 14.4. The van der Waals surface area contributed by atoms with Crippen molar-refractivity contribution in [3.63, 3.8) is 0 Å². The van der Waals surface area contributed by atoms with Gasteiger partial charge < -0.3 is 5.32 Å². The Labute approximate surface area is 184 Å². The number of fused-ring (bicyclic) bond motifs is 4. The highest BCUT2D eigenvalue weighted by molar-refractivity contribution is 7.15. The normalized spacial score (nSPS) is 21.6. The van der Waals surface area contributed by atoms with Gasteiger partial charge in [-0.2, -0.15) is 0 Å². The molecule has 0 bridgehead atoms. The highest BCUT2D eigenvalue weighted by atomic mass is 35.5. The maximum absolute atomic E-state index is 12.8. The number of nitrogens with one attached hydrogen (secondary N) is 1. The first kappa shape index (κ1) is 19.5. The van der Waals surface area contributed by atoms with Gasteiger partial charge in [-0.3, -0.25) is 14.4 Å². The lowest BCUT2D eigenvalue weighted by Crippen LogP contribution is -2.29. The Morgan fingerprint density at radius 2 is 2.00 bits per heavy atom. The van der Waals surface area contributed by atoms with Gasteiger partial charge >= 0.3 is 0 Å². The Morgan fingerprint density at radius 3 is 2.70 bits per heavy atom. The van der Waals surface area contributed by atoms with Crippen LogP contribution in [0.2, 0.25) is 5.02 Å². The molecule has 1 aliphatic heterocycles. The van der Waals surface area contributed by atoms with E-state index in [0.717, 1.165) is 33.5 Å². The second kappa shape index (κ2) is 6.75. The molecule has 1 saturated carbocycles. The van der Waals surface area contributed by atoms with Gasteiger partial charge in [-0.25, -0.2) is 0 Å². The number of halogens is 1. The van der Waals surface area contributed by atoms with E-state index in [1.807, 2.05) is 38.1 Å². The van der Waals surface area contributed by atoms with E-state index in [0.29, 0.717) is 18.0 Å². The third kappa shape index (κ3) is 2.68. The van der Waals surface area contributed by atoms with E-state index in [2.05, 4.69) is 33.9 Å². The second-order valence-electron chi connectivity index (χ2n) is 7.91. The monoisotopic (exact) mass is 439 g/mol. The summed E-state index contributed by atoms with van der Waals surface area (Å²) in [6.07, 6.45) is 0.626. The van der Waals surface area contributed by atoms with Gasteiger partial charge in [0, 0.05) is 27.6 Å². The number of thiophene rings is 1. The van der Waals surface area contributed by atoms with Gasteiger partial charge in [0.05, 0.1) is 11.6 Å². The minimum absolute atomic E-state index is 0.0158. The third-order valence-corrected chi connectivity index (χ3v) is 7.49. The number of hydrogen-bond donors (Lipinski definition) is 1. The van der Waals surface area contributed by atoms with Crippen molar-refractivity contribution in [3.05, 3.63) is 62.5 Å². The summed E-state index contributed by atoms with van der Waals surface area (Å²) in [5, 5.41) is 13.6. The van der Waals surface area contributed by atoms with Crippen LogP contribution in [0.15, 0.2) is 29.3 Å². The molecule has 30 heavy (non-hydrogen) atoms. The smallest absolute Gasteiger partial charge is 0.226 e. The number of aromatic nitrogens is 3. The molecule has 3 heterocycles. The zero-order chi connectivity index (χ0) is 21.2. The Balaban J connectivity index is 1.80. The van der Waals surface area contributed by atoms with E-state index in [1.54, 1.807) is 11.3 Å². The van der Waals surface area contributed by atoms with E-state index >= 15 is 0 Å². The number of carbonyl (C=O) groups is 1. The molecule has 154 valence electrons. The summed E-state index contributed by atoms with van der Waals surface area (Å²) in [5.74, 6) is 1.32. The topological polar surface area (TPSA) is 72.2 Å². The van der Waals surface area contributed by atoms with Crippen molar-refractivity contribution in [2.75, 3.05) is 6.54 Å². The zero-order valence-corrected chi connectivity index (χ0v) is 18.9. The lowest BCUT2D eigenvalue weighted by atomic mass is 9.99. The predicted octanol–water partition coefficient (Wildman–Crippen LogP) is 4.11. The average Bonchev–Trinajstić information content (AvgIpc) is 3.24. The molecule has 1 spiro atoms. The highest BCUT2D eigenvalue weighted by Gasteiger charge is 2.64. The third-order valence-electron chi connectivity index (χ3n) is 6.05. The summed E-state index contributed by atoms with van der Waals surface area (Å²) in [6, 6.07) is 7.75. The first-order valence-electron chi connectivity index (χ1n) is 10.0. The van der Waals surface area contributed by atoms with Crippen molar-refractivity contribution in [2.45, 2.75) is 39.7 Å².